The lowest BCUT2D eigenvalue weighted by Gasteiger charge is -2.23. The minimum absolute atomic E-state index is 0.0248. The van der Waals surface area contributed by atoms with Crippen LogP contribution in [-0.2, 0) is 11.3 Å². The van der Waals surface area contributed by atoms with Crippen LogP contribution in [0.4, 0.5) is 5.82 Å². The van der Waals surface area contributed by atoms with Gasteiger partial charge in [-0.2, -0.15) is 5.10 Å². The molecule has 7 nitrogen and oxygen atoms in total. The molecule has 0 bridgehead atoms. The molecule has 1 aliphatic carbocycles. The van der Waals surface area contributed by atoms with E-state index in [2.05, 4.69) is 25.3 Å². The van der Waals surface area contributed by atoms with Gasteiger partial charge in [-0.15, -0.1) is 0 Å². The van der Waals surface area contributed by atoms with Gasteiger partial charge in [-0.1, -0.05) is 32.1 Å². The van der Waals surface area contributed by atoms with Gasteiger partial charge in [-0.05, 0) is 25.7 Å². The molecule has 4 rings (SSSR count). The topological polar surface area (TPSA) is 75.9 Å². The van der Waals surface area contributed by atoms with Gasteiger partial charge in [0.05, 0.1) is 11.6 Å². The van der Waals surface area contributed by atoms with Crippen LogP contribution in [0.25, 0.3) is 11.0 Å². The Hall–Kier alpha value is -2.18. The smallest absolute Gasteiger partial charge is 0.242 e. The van der Waals surface area contributed by atoms with Crippen LogP contribution in [-0.4, -0.2) is 44.8 Å². The van der Waals surface area contributed by atoms with Gasteiger partial charge in [0.25, 0.3) is 0 Å². The normalized spacial score (nSPS) is 19.5. The van der Waals surface area contributed by atoms with E-state index in [0.29, 0.717) is 6.04 Å². The van der Waals surface area contributed by atoms with Crippen molar-refractivity contribution in [3.8, 4) is 0 Å². The molecule has 1 amide bonds. The maximum atomic E-state index is 12.4. The van der Waals surface area contributed by atoms with Gasteiger partial charge in [-0.25, -0.2) is 14.6 Å². The predicted octanol–water partition coefficient (Wildman–Crippen LogP) is 2.66. The molecule has 26 heavy (non-hydrogen) atoms. The quantitative estimate of drug-likeness (QED) is 0.911. The van der Waals surface area contributed by atoms with Crippen LogP contribution in [0.1, 0.15) is 57.8 Å². The molecule has 0 radical (unpaired) electrons. The lowest BCUT2D eigenvalue weighted by molar-refractivity contribution is -0.122. The lowest BCUT2D eigenvalue weighted by Crippen LogP contribution is -2.38. The number of nitrogens with zero attached hydrogens (tertiary/aromatic N) is 5. The van der Waals surface area contributed by atoms with Gasteiger partial charge < -0.3 is 10.2 Å². The molecule has 2 aliphatic rings. The third-order valence-corrected chi connectivity index (χ3v) is 5.58. The number of anilines is 1. The minimum Gasteiger partial charge on any atom is -0.356 e. The SMILES string of the molecule is O=C(Cn1ncc2c(N3CCCCCC3)ncnc21)NC1CCCCC1. The first-order valence-electron chi connectivity index (χ1n) is 10.0. The van der Waals surface area contributed by atoms with Gasteiger partial charge in [-0.3, -0.25) is 4.79 Å². The molecule has 1 aliphatic heterocycles. The summed E-state index contributed by atoms with van der Waals surface area (Å²) in [5, 5.41) is 8.53. The molecule has 2 fully saturated rings. The van der Waals surface area contributed by atoms with E-state index >= 15 is 0 Å². The number of nitrogens with one attached hydrogen (secondary N) is 1. The molecule has 0 unspecified atom stereocenters. The van der Waals surface area contributed by atoms with E-state index in [9.17, 15) is 4.79 Å². The Morgan fingerprint density at radius 1 is 1.04 bits per heavy atom. The number of fused-ring (bicyclic) bond motifs is 1. The number of hydrogen-bond donors (Lipinski definition) is 1. The number of carbonyl (C=O) groups excluding carboxylic acids is 1. The summed E-state index contributed by atoms with van der Waals surface area (Å²) in [6, 6.07) is 0.320. The fourth-order valence-electron chi connectivity index (χ4n) is 4.19. The molecule has 0 aromatic carbocycles. The maximum absolute atomic E-state index is 12.4. The first-order chi connectivity index (χ1) is 12.8. The highest BCUT2D eigenvalue weighted by atomic mass is 16.2. The van der Waals surface area contributed by atoms with E-state index in [0.717, 1.165) is 42.8 Å². The molecule has 0 spiro atoms. The van der Waals surface area contributed by atoms with Crippen LogP contribution >= 0.6 is 0 Å². The summed E-state index contributed by atoms with van der Waals surface area (Å²) >= 11 is 0. The second kappa shape index (κ2) is 8.01. The van der Waals surface area contributed by atoms with Gasteiger partial charge in [0.2, 0.25) is 5.91 Å². The van der Waals surface area contributed by atoms with E-state index < -0.39 is 0 Å². The molecular formula is C19H28N6O. The largest absolute Gasteiger partial charge is 0.356 e. The Balaban J connectivity index is 1.49. The van der Waals surface area contributed by atoms with Crippen molar-refractivity contribution in [2.45, 2.75) is 70.4 Å². The van der Waals surface area contributed by atoms with Crippen LogP contribution in [0, 0.1) is 0 Å². The molecule has 3 heterocycles. The van der Waals surface area contributed by atoms with Gasteiger partial charge in [0, 0.05) is 19.1 Å². The zero-order chi connectivity index (χ0) is 17.8. The number of hydrogen-bond acceptors (Lipinski definition) is 5. The first-order valence-corrected chi connectivity index (χ1v) is 10.0. The summed E-state index contributed by atoms with van der Waals surface area (Å²) in [6.07, 6.45) is 14.3. The van der Waals surface area contributed by atoms with Gasteiger partial charge in [0.1, 0.15) is 18.7 Å². The van der Waals surface area contributed by atoms with Crippen molar-refractivity contribution in [2.75, 3.05) is 18.0 Å². The highest BCUT2D eigenvalue weighted by Gasteiger charge is 2.19. The van der Waals surface area contributed by atoms with E-state index in [-0.39, 0.29) is 12.5 Å². The maximum Gasteiger partial charge on any atom is 0.242 e. The Labute approximate surface area is 154 Å². The van der Waals surface area contributed by atoms with Gasteiger partial charge >= 0.3 is 0 Å². The van der Waals surface area contributed by atoms with E-state index in [1.807, 2.05) is 6.20 Å². The molecule has 140 valence electrons. The van der Waals surface area contributed by atoms with Crippen LogP contribution in [0.2, 0.25) is 0 Å². The zero-order valence-corrected chi connectivity index (χ0v) is 15.4. The molecule has 1 N–H and O–H groups in total. The number of rotatable bonds is 4. The molecule has 1 saturated heterocycles. The van der Waals surface area contributed by atoms with Crippen LogP contribution < -0.4 is 10.2 Å². The molecule has 0 atom stereocenters. The van der Waals surface area contributed by atoms with Crippen molar-refractivity contribution < 1.29 is 4.79 Å². The Kier molecular flexibility index (Phi) is 5.32. The van der Waals surface area contributed by atoms with E-state index in [1.165, 1.54) is 44.9 Å². The highest BCUT2D eigenvalue weighted by molar-refractivity contribution is 5.87. The van der Waals surface area contributed by atoms with Crippen LogP contribution in [0.15, 0.2) is 12.5 Å². The summed E-state index contributed by atoms with van der Waals surface area (Å²) in [7, 11) is 0. The van der Waals surface area contributed by atoms with Crippen molar-refractivity contribution in [2.24, 2.45) is 0 Å². The Morgan fingerprint density at radius 3 is 2.54 bits per heavy atom. The van der Waals surface area contributed by atoms with Crippen molar-refractivity contribution in [3.05, 3.63) is 12.5 Å². The van der Waals surface area contributed by atoms with Crippen molar-refractivity contribution in [3.63, 3.8) is 0 Å². The fraction of sp³-hybridized carbons (Fsp3) is 0.684. The van der Waals surface area contributed by atoms with Gasteiger partial charge in [0.15, 0.2) is 5.65 Å². The second-order valence-electron chi connectivity index (χ2n) is 7.54. The minimum atomic E-state index is 0.0248. The van der Waals surface area contributed by atoms with Crippen molar-refractivity contribution in [1.29, 1.82) is 0 Å². The monoisotopic (exact) mass is 356 g/mol. The number of carbonyl (C=O) groups is 1. The summed E-state index contributed by atoms with van der Waals surface area (Å²) < 4.78 is 1.70. The molecular weight excluding hydrogens is 328 g/mol. The summed E-state index contributed by atoms with van der Waals surface area (Å²) in [5.41, 5.74) is 0.748. The zero-order valence-electron chi connectivity index (χ0n) is 15.4. The number of amides is 1. The third kappa shape index (κ3) is 3.81. The summed E-state index contributed by atoms with van der Waals surface area (Å²) in [6.45, 7) is 2.27. The fourth-order valence-corrected chi connectivity index (χ4v) is 4.19. The predicted molar refractivity (Wildman–Crippen MR) is 101 cm³/mol. The molecule has 7 heteroatoms. The molecule has 2 aromatic rings. The average Bonchev–Trinajstić information content (AvgIpc) is 2.89. The second-order valence-corrected chi connectivity index (χ2v) is 7.54. The third-order valence-electron chi connectivity index (χ3n) is 5.58. The van der Waals surface area contributed by atoms with Crippen LogP contribution in [0.3, 0.4) is 0 Å². The number of aromatic nitrogens is 4. The Bertz CT molecular complexity index is 744. The first kappa shape index (κ1) is 17.2. The average molecular weight is 356 g/mol. The standard InChI is InChI=1S/C19H28N6O/c26-17(23-15-8-4-3-5-9-15)13-25-19-16(12-22-25)18(20-14-21-19)24-10-6-1-2-7-11-24/h12,14-15H,1-11,13H2,(H,23,26). The van der Waals surface area contributed by atoms with E-state index in [1.54, 1.807) is 11.0 Å². The highest BCUT2D eigenvalue weighted by Crippen LogP contribution is 2.25. The molecule has 1 saturated carbocycles. The summed E-state index contributed by atoms with van der Waals surface area (Å²) in [5.74, 6) is 0.979. The van der Waals surface area contributed by atoms with E-state index in [4.69, 9.17) is 0 Å². The van der Waals surface area contributed by atoms with Crippen molar-refractivity contribution in [1.82, 2.24) is 25.1 Å². The summed E-state index contributed by atoms with van der Waals surface area (Å²) in [4.78, 5) is 23.7. The van der Waals surface area contributed by atoms with Crippen LogP contribution in [0.5, 0.6) is 0 Å². The van der Waals surface area contributed by atoms with Crippen molar-refractivity contribution >= 4 is 22.8 Å². The molecule has 2 aromatic heterocycles. The Morgan fingerprint density at radius 2 is 1.77 bits per heavy atom. The lowest BCUT2D eigenvalue weighted by atomic mass is 9.95.